The van der Waals surface area contributed by atoms with E-state index in [0.717, 1.165) is 41.6 Å². The minimum atomic E-state index is -1.73. The number of aliphatic imine (C=N–C) groups is 1. The van der Waals surface area contributed by atoms with Crippen molar-refractivity contribution < 1.29 is 28.6 Å². The Morgan fingerprint density at radius 2 is 1.91 bits per heavy atom. The monoisotopic (exact) mass is 629 g/mol. The van der Waals surface area contributed by atoms with E-state index in [1.54, 1.807) is 17.6 Å². The first kappa shape index (κ1) is 31.3. The Kier molecular flexibility index (Phi) is 7.86. The number of esters is 2. The fraction of sp³-hybridized carbons (Fsp3) is 0.471. The highest BCUT2D eigenvalue weighted by Crippen LogP contribution is 2.47. The number of ether oxygens (including phenoxy) is 3. The zero-order valence-electron chi connectivity index (χ0n) is 27.1. The molecule has 5 heterocycles. The molecule has 0 unspecified atom stereocenters. The number of benzene rings is 1. The van der Waals surface area contributed by atoms with Crippen LogP contribution in [-0.2, 0) is 42.6 Å². The van der Waals surface area contributed by atoms with Crippen LogP contribution in [-0.4, -0.2) is 52.1 Å². The van der Waals surface area contributed by atoms with Gasteiger partial charge < -0.3 is 29.0 Å². The molecular weight excluding hydrogens is 590 g/mol. The molecular formula is C34H39N5O7. The number of alkyl carbamates (subject to hydrolysis) is 1. The number of carbonyl (C=O) groups excluding carboxylic acids is 3. The molecule has 0 fully saturated rings. The molecule has 1 aromatic carbocycles. The molecule has 0 spiro atoms. The van der Waals surface area contributed by atoms with Crippen LogP contribution in [0.5, 0.6) is 0 Å². The quantitative estimate of drug-likeness (QED) is 0.158. The van der Waals surface area contributed by atoms with Crippen molar-refractivity contribution in [2.45, 2.75) is 91.6 Å². The molecule has 46 heavy (non-hydrogen) atoms. The van der Waals surface area contributed by atoms with Crippen molar-refractivity contribution >= 4 is 46.1 Å². The lowest BCUT2D eigenvalue weighted by Gasteiger charge is -2.35. The van der Waals surface area contributed by atoms with E-state index in [-0.39, 0.29) is 37.2 Å². The first-order valence-electron chi connectivity index (χ1n) is 15.8. The highest BCUT2D eigenvalue weighted by Gasteiger charge is 2.50. The van der Waals surface area contributed by atoms with Gasteiger partial charge in [-0.2, -0.15) is 0 Å². The van der Waals surface area contributed by atoms with Crippen LogP contribution in [0.3, 0.4) is 0 Å². The summed E-state index contributed by atoms with van der Waals surface area (Å²) in [6, 6.07) is 7.47. The molecule has 1 N–H and O–H groups in total. The largest absolute Gasteiger partial charge is 0.457 e. The number of carbonyl (C=O) groups is 3. The molecule has 12 nitrogen and oxygen atoms in total. The van der Waals surface area contributed by atoms with E-state index in [4.69, 9.17) is 24.2 Å². The van der Waals surface area contributed by atoms with Crippen molar-refractivity contribution in [3.63, 3.8) is 0 Å². The standard InChI is InChI=1S/C34H39N5O7/c1-7-9-10-14-38-26(16-35-32(43)46-33(4,5)6)36-23-12-11-13-24-27(23)29(38)20-17-39-25(28(20)37-24)15-22-21(30(39)41)18-44-31(42)34(22,8-2)45-19(3)40/h11-13,15H,7-10,14,16-18H2,1-6H3,(H,35,43)/t34-/m0/s1. The van der Waals surface area contributed by atoms with E-state index in [0.29, 0.717) is 34.8 Å². The second-order valence-corrected chi connectivity index (χ2v) is 12.9. The predicted molar refractivity (Wildman–Crippen MR) is 172 cm³/mol. The number of amides is 1. The second kappa shape index (κ2) is 11.6. The fourth-order valence-corrected chi connectivity index (χ4v) is 6.57. The number of anilines is 1. The lowest BCUT2D eigenvalue weighted by molar-refractivity contribution is -0.188. The summed E-state index contributed by atoms with van der Waals surface area (Å²) in [4.78, 5) is 64.2. The van der Waals surface area contributed by atoms with Crippen molar-refractivity contribution in [2.24, 2.45) is 4.99 Å². The number of hydrogen-bond acceptors (Lipinski definition) is 10. The Balaban J connectivity index is 1.52. The molecule has 0 saturated heterocycles. The molecule has 242 valence electrons. The zero-order chi connectivity index (χ0) is 33.0. The third kappa shape index (κ3) is 5.19. The maximum Gasteiger partial charge on any atom is 0.408 e. The Morgan fingerprint density at radius 1 is 1.13 bits per heavy atom. The first-order chi connectivity index (χ1) is 21.9. The highest BCUT2D eigenvalue weighted by molar-refractivity contribution is 6.17. The van der Waals surface area contributed by atoms with E-state index in [2.05, 4.69) is 17.1 Å². The predicted octanol–water partition coefficient (Wildman–Crippen LogP) is 5.22. The van der Waals surface area contributed by atoms with Gasteiger partial charge in [0, 0.05) is 24.6 Å². The second-order valence-electron chi connectivity index (χ2n) is 12.9. The molecule has 0 radical (unpaired) electrons. The summed E-state index contributed by atoms with van der Waals surface area (Å²) >= 11 is 0. The Morgan fingerprint density at radius 3 is 2.61 bits per heavy atom. The maximum absolute atomic E-state index is 14.1. The van der Waals surface area contributed by atoms with Gasteiger partial charge in [-0.15, -0.1) is 0 Å². The number of fused-ring (bicyclic) bond motifs is 5. The molecule has 3 aromatic rings. The van der Waals surface area contributed by atoms with Crippen molar-refractivity contribution in [2.75, 3.05) is 18.0 Å². The number of amidine groups is 1. The van der Waals surface area contributed by atoms with E-state index < -0.39 is 29.2 Å². The van der Waals surface area contributed by atoms with Crippen LogP contribution in [0.2, 0.25) is 0 Å². The van der Waals surface area contributed by atoms with Gasteiger partial charge in [-0.25, -0.2) is 19.6 Å². The topological polar surface area (TPSA) is 141 Å². The van der Waals surface area contributed by atoms with Crippen molar-refractivity contribution in [1.82, 2.24) is 14.9 Å². The van der Waals surface area contributed by atoms with Crippen LogP contribution in [0.15, 0.2) is 34.1 Å². The third-order valence-corrected chi connectivity index (χ3v) is 8.55. The SMILES string of the molecule is CCCCCN1C(CNC(=O)OC(C)(C)C)=Nc2cccc3nc4c(c1c23)Cn1c-4cc2c(c1=O)COC(=O)[C@@]2(CC)OC(C)=O. The molecule has 0 saturated carbocycles. The van der Waals surface area contributed by atoms with Gasteiger partial charge >= 0.3 is 18.0 Å². The number of cyclic esters (lactones) is 1. The number of nitrogens with zero attached hydrogens (tertiary/aromatic N) is 4. The average Bonchev–Trinajstić information content (AvgIpc) is 3.36. The van der Waals surface area contributed by atoms with Crippen molar-refractivity contribution in [3.8, 4) is 11.4 Å². The van der Waals surface area contributed by atoms with Crippen LogP contribution in [0.4, 0.5) is 16.2 Å². The van der Waals surface area contributed by atoms with Gasteiger partial charge in [-0.05, 0) is 51.8 Å². The number of nitrogens with one attached hydrogen (secondary N) is 1. The summed E-state index contributed by atoms with van der Waals surface area (Å²) in [5.74, 6) is -0.702. The van der Waals surface area contributed by atoms with Crippen LogP contribution in [0.25, 0.3) is 22.3 Å². The average molecular weight is 630 g/mol. The Labute approximate surface area is 266 Å². The van der Waals surface area contributed by atoms with E-state index in [1.807, 2.05) is 39.0 Å². The van der Waals surface area contributed by atoms with Crippen LogP contribution >= 0.6 is 0 Å². The smallest absolute Gasteiger partial charge is 0.408 e. The third-order valence-electron chi connectivity index (χ3n) is 8.55. The molecule has 6 rings (SSSR count). The molecule has 0 bridgehead atoms. The van der Waals surface area contributed by atoms with E-state index in [9.17, 15) is 19.2 Å². The van der Waals surface area contributed by atoms with Crippen LogP contribution in [0, 0.1) is 0 Å². The van der Waals surface area contributed by atoms with Gasteiger partial charge in [-0.1, -0.05) is 32.8 Å². The number of pyridine rings is 2. The number of unbranched alkanes of at least 4 members (excludes halogenated alkanes) is 2. The molecule has 1 amide bonds. The fourth-order valence-electron chi connectivity index (χ4n) is 6.57. The molecule has 3 aliphatic heterocycles. The molecule has 0 aliphatic carbocycles. The summed E-state index contributed by atoms with van der Waals surface area (Å²) in [7, 11) is 0. The van der Waals surface area contributed by atoms with E-state index in [1.165, 1.54) is 6.92 Å². The highest BCUT2D eigenvalue weighted by atomic mass is 16.6. The Bertz CT molecular complexity index is 1870. The first-order valence-corrected chi connectivity index (χ1v) is 15.8. The number of aromatic nitrogens is 2. The van der Waals surface area contributed by atoms with Gasteiger partial charge in [0.1, 0.15) is 18.0 Å². The van der Waals surface area contributed by atoms with Gasteiger partial charge in [-0.3, -0.25) is 9.59 Å². The molecule has 2 aromatic heterocycles. The van der Waals surface area contributed by atoms with Crippen molar-refractivity contribution in [3.05, 3.63) is 51.3 Å². The van der Waals surface area contributed by atoms with Crippen molar-refractivity contribution in [1.29, 1.82) is 0 Å². The van der Waals surface area contributed by atoms with Gasteiger partial charge in [0.25, 0.3) is 5.56 Å². The molecule has 12 heteroatoms. The normalized spacial score (nSPS) is 17.9. The summed E-state index contributed by atoms with van der Waals surface area (Å²) < 4.78 is 18.2. The minimum Gasteiger partial charge on any atom is -0.457 e. The van der Waals surface area contributed by atoms with Crippen LogP contribution < -0.4 is 15.8 Å². The van der Waals surface area contributed by atoms with Gasteiger partial charge in [0.2, 0.25) is 5.60 Å². The maximum atomic E-state index is 14.1. The van der Waals surface area contributed by atoms with E-state index >= 15 is 0 Å². The molecule has 1 atom stereocenters. The summed E-state index contributed by atoms with van der Waals surface area (Å²) in [6.07, 6.45) is 2.46. The lowest BCUT2D eigenvalue weighted by atomic mass is 9.85. The van der Waals surface area contributed by atoms with Gasteiger partial charge in [0.15, 0.2) is 0 Å². The zero-order valence-corrected chi connectivity index (χ0v) is 27.1. The summed E-state index contributed by atoms with van der Waals surface area (Å²) in [5.41, 5.74) is 2.19. The summed E-state index contributed by atoms with van der Waals surface area (Å²) in [6.45, 7) is 11.3. The van der Waals surface area contributed by atoms with Crippen LogP contribution in [0.1, 0.15) is 83.9 Å². The number of rotatable bonds is 8. The molecule has 3 aliphatic rings. The lowest BCUT2D eigenvalue weighted by Crippen LogP contribution is -2.47. The summed E-state index contributed by atoms with van der Waals surface area (Å²) in [5, 5.41) is 3.73. The minimum absolute atomic E-state index is 0.101. The van der Waals surface area contributed by atoms with Gasteiger partial charge in [0.05, 0.1) is 52.3 Å². The number of hydrogen-bond donors (Lipinski definition) is 1. The Hall–Kier alpha value is -4.74.